The van der Waals surface area contributed by atoms with E-state index in [1.807, 2.05) is 0 Å². The molecule has 1 atom stereocenters. The molecular formula is C13H18OS. The zero-order valence-electron chi connectivity index (χ0n) is 9.72. The van der Waals surface area contributed by atoms with Crippen molar-refractivity contribution in [2.24, 2.45) is 5.92 Å². The van der Waals surface area contributed by atoms with Gasteiger partial charge in [0.05, 0.1) is 4.88 Å². The Morgan fingerprint density at radius 2 is 2.20 bits per heavy atom. The fourth-order valence-corrected chi connectivity index (χ4v) is 3.68. The number of thiophene rings is 1. The van der Waals surface area contributed by atoms with Crippen molar-refractivity contribution in [3.05, 3.63) is 20.9 Å². The van der Waals surface area contributed by atoms with Gasteiger partial charge >= 0.3 is 0 Å². The lowest BCUT2D eigenvalue weighted by Gasteiger charge is -2.20. The molecule has 0 fully saturated rings. The zero-order valence-corrected chi connectivity index (χ0v) is 10.5. The van der Waals surface area contributed by atoms with Gasteiger partial charge in [-0.05, 0) is 49.7 Å². The minimum absolute atomic E-state index is 0.255. The molecule has 1 aliphatic rings. The molecule has 0 amide bonds. The van der Waals surface area contributed by atoms with E-state index in [1.54, 1.807) is 18.3 Å². The van der Waals surface area contributed by atoms with Gasteiger partial charge in [-0.15, -0.1) is 11.3 Å². The van der Waals surface area contributed by atoms with Crippen molar-refractivity contribution in [2.45, 2.75) is 46.5 Å². The third kappa shape index (κ3) is 1.87. The second-order valence-corrected chi connectivity index (χ2v) is 5.67. The van der Waals surface area contributed by atoms with E-state index in [4.69, 9.17) is 0 Å². The van der Waals surface area contributed by atoms with Gasteiger partial charge in [-0.2, -0.15) is 0 Å². The van der Waals surface area contributed by atoms with E-state index in [9.17, 15) is 4.79 Å². The van der Waals surface area contributed by atoms with Crippen LogP contribution < -0.4 is 0 Å². The van der Waals surface area contributed by atoms with Gasteiger partial charge in [0.15, 0.2) is 5.78 Å². The summed E-state index contributed by atoms with van der Waals surface area (Å²) >= 11 is 1.74. The number of carbonyl (C=O) groups excluding carboxylic acids is 1. The second-order valence-electron chi connectivity index (χ2n) is 4.57. The maximum Gasteiger partial charge on any atom is 0.170 e. The van der Waals surface area contributed by atoms with Gasteiger partial charge in [-0.3, -0.25) is 4.79 Å². The van der Waals surface area contributed by atoms with Crippen LogP contribution in [0.5, 0.6) is 0 Å². The van der Waals surface area contributed by atoms with Gasteiger partial charge in [-0.1, -0.05) is 13.8 Å². The number of hydrogen-bond acceptors (Lipinski definition) is 2. The monoisotopic (exact) mass is 222 g/mol. The first-order valence-corrected chi connectivity index (χ1v) is 6.59. The Labute approximate surface area is 95.5 Å². The molecule has 0 unspecified atom stereocenters. The van der Waals surface area contributed by atoms with Crippen LogP contribution in [0.15, 0.2) is 0 Å². The highest BCUT2D eigenvalue weighted by molar-refractivity contribution is 7.14. The third-order valence-corrected chi connectivity index (χ3v) is 4.80. The Morgan fingerprint density at radius 1 is 1.47 bits per heavy atom. The number of fused-ring (bicyclic) bond motifs is 1. The van der Waals surface area contributed by atoms with Crippen molar-refractivity contribution in [3.8, 4) is 0 Å². The van der Waals surface area contributed by atoms with Gasteiger partial charge < -0.3 is 0 Å². The Bertz CT molecular complexity index is 389. The lowest BCUT2D eigenvalue weighted by Crippen LogP contribution is -2.12. The molecule has 0 saturated heterocycles. The van der Waals surface area contributed by atoms with Crippen molar-refractivity contribution >= 4 is 17.1 Å². The zero-order chi connectivity index (χ0) is 11.0. The first kappa shape index (κ1) is 10.9. The van der Waals surface area contributed by atoms with Crippen molar-refractivity contribution in [1.82, 2.24) is 0 Å². The number of rotatable bonds is 2. The highest BCUT2D eigenvalue weighted by Crippen LogP contribution is 2.36. The lowest BCUT2D eigenvalue weighted by atomic mass is 9.84. The molecule has 1 aliphatic carbocycles. The van der Waals surface area contributed by atoms with Gasteiger partial charge in [0, 0.05) is 4.88 Å². The Hall–Kier alpha value is -0.630. The van der Waals surface area contributed by atoms with Gasteiger partial charge in [0.1, 0.15) is 0 Å². The summed E-state index contributed by atoms with van der Waals surface area (Å²) in [4.78, 5) is 14.0. The van der Waals surface area contributed by atoms with Crippen LogP contribution in [0.4, 0.5) is 0 Å². The highest BCUT2D eigenvalue weighted by atomic mass is 32.1. The molecule has 1 nitrogen and oxygen atoms in total. The van der Waals surface area contributed by atoms with Gasteiger partial charge in [0.2, 0.25) is 0 Å². The largest absolute Gasteiger partial charge is 0.294 e. The van der Waals surface area contributed by atoms with Crippen LogP contribution in [0.1, 0.15) is 52.9 Å². The molecule has 0 bridgehead atoms. The molecule has 82 valence electrons. The second kappa shape index (κ2) is 4.09. The average molecular weight is 222 g/mol. The molecule has 1 heterocycles. The molecule has 0 N–H and O–H groups in total. The van der Waals surface area contributed by atoms with Gasteiger partial charge in [0.25, 0.3) is 0 Å². The normalized spacial score (nSPS) is 20.1. The van der Waals surface area contributed by atoms with Crippen LogP contribution in [0.25, 0.3) is 0 Å². The lowest BCUT2D eigenvalue weighted by molar-refractivity contribution is 0.102. The van der Waals surface area contributed by atoms with Crippen molar-refractivity contribution in [1.29, 1.82) is 0 Å². The summed E-state index contributed by atoms with van der Waals surface area (Å²) in [6, 6.07) is 0. The smallest absolute Gasteiger partial charge is 0.170 e. The minimum Gasteiger partial charge on any atom is -0.294 e. The van der Waals surface area contributed by atoms with E-state index >= 15 is 0 Å². The Kier molecular flexibility index (Phi) is 2.96. The number of Topliss-reactive ketones (excluding diaryl/α,β-unsaturated/α-hetero) is 1. The molecule has 15 heavy (non-hydrogen) atoms. The van der Waals surface area contributed by atoms with E-state index in [1.165, 1.54) is 28.8 Å². The topological polar surface area (TPSA) is 17.1 Å². The summed E-state index contributed by atoms with van der Waals surface area (Å²) in [7, 11) is 0. The summed E-state index contributed by atoms with van der Waals surface area (Å²) in [6.45, 7) is 6.20. The van der Waals surface area contributed by atoms with Crippen LogP contribution in [0.3, 0.4) is 0 Å². The molecule has 0 aromatic carbocycles. The van der Waals surface area contributed by atoms with Gasteiger partial charge in [-0.25, -0.2) is 0 Å². The van der Waals surface area contributed by atoms with E-state index in [2.05, 4.69) is 13.8 Å². The average Bonchev–Trinajstić information content (AvgIpc) is 2.55. The van der Waals surface area contributed by atoms with Crippen LogP contribution in [-0.2, 0) is 19.3 Å². The summed E-state index contributed by atoms with van der Waals surface area (Å²) in [6.07, 6.45) is 4.62. The Morgan fingerprint density at radius 3 is 2.80 bits per heavy atom. The van der Waals surface area contributed by atoms with E-state index in [0.29, 0.717) is 0 Å². The summed E-state index contributed by atoms with van der Waals surface area (Å²) in [5.41, 5.74) is 2.88. The predicted octanol–water partition coefficient (Wildman–Crippen LogP) is 3.64. The quantitative estimate of drug-likeness (QED) is 0.698. The van der Waals surface area contributed by atoms with E-state index in [-0.39, 0.29) is 5.78 Å². The fraction of sp³-hybridized carbons (Fsp3) is 0.615. The Balaban J connectivity index is 2.49. The maximum atomic E-state index is 11.5. The molecule has 0 saturated carbocycles. The summed E-state index contributed by atoms with van der Waals surface area (Å²) < 4.78 is 0. The molecule has 2 heteroatoms. The number of hydrogen-bond donors (Lipinski definition) is 0. The molecule has 0 radical (unpaired) electrons. The van der Waals surface area contributed by atoms with E-state index in [0.717, 1.165) is 23.6 Å². The molecule has 1 aromatic heterocycles. The van der Waals surface area contributed by atoms with Crippen LogP contribution in [0, 0.1) is 5.92 Å². The number of carbonyl (C=O) groups is 1. The molecule has 0 aliphatic heterocycles. The molecule has 2 rings (SSSR count). The van der Waals surface area contributed by atoms with Crippen molar-refractivity contribution in [2.75, 3.05) is 0 Å². The maximum absolute atomic E-state index is 11.5. The first-order valence-electron chi connectivity index (χ1n) is 5.77. The van der Waals surface area contributed by atoms with Crippen LogP contribution in [0.2, 0.25) is 0 Å². The van der Waals surface area contributed by atoms with Crippen LogP contribution >= 0.6 is 11.3 Å². The molecule has 1 aromatic rings. The highest BCUT2D eigenvalue weighted by Gasteiger charge is 2.24. The first-order chi connectivity index (χ1) is 7.13. The minimum atomic E-state index is 0.255. The molecular weight excluding hydrogens is 204 g/mol. The van der Waals surface area contributed by atoms with Crippen molar-refractivity contribution in [3.63, 3.8) is 0 Å². The number of ketones is 1. The van der Waals surface area contributed by atoms with Crippen LogP contribution in [-0.4, -0.2) is 5.78 Å². The summed E-state index contributed by atoms with van der Waals surface area (Å²) in [5, 5.41) is 0. The summed E-state index contributed by atoms with van der Waals surface area (Å²) in [5.74, 6) is 1.04. The molecule has 0 spiro atoms. The third-order valence-electron chi connectivity index (χ3n) is 3.28. The van der Waals surface area contributed by atoms with Crippen molar-refractivity contribution < 1.29 is 4.79 Å². The predicted molar refractivity (Wildman–Crippen MR) is 64.9 cm³/mol. The number of aryl methyl sites for hydroxylation is 1. The standard InChI is InChI=1S/C13H18OS/c1-4-12-11-7-8(2)5-6-10(11)13(15-12)9(3)14/h8H,4-7H2,1-3H3/t8-/m0/s1. The fourth-order valence-electron chi connectivity index (χ4n) is 2.46. The SMILES string of the molecule is CCc1sc(C(C)=O)c2c1C[C@@H](C)CC2. The van der Waals surface area contributed by atoms with E-state index < -0.39 is 0 Å².